The van der Waals surface area contributed by atoms with Crippen LogP contribution in [0.1, 0.15) is 23.2 Å². The second kappa shape index (κ2) is 4.08. The maximum absolute atomic E-state index is 11.9. The zero-order valence-electron chi connectivity index (χ0n) is 9.38. The number of nitrogens with one attached hydrogen (secondary N) is 1. The lowest BCUT2D eigenvalue weighted by molar-refractivity contribution is 0.0938. The lowest BCUT2D eigenvalue weighted by Gasteiger charge is -2.11. The molecule has 1 saturated carbocycles. The van der Waals surface area contributed by atoms with Crippen LogP contribution in [0.3, 0.4) is 0 Å². The molecule has 0 aliphatic heterocycles. The van der Waals surface area contributed by atoms with Gasteiger partial charge in [-0.15, -0.1) is 0 Å². The Morgan fingerprint density at radius 1 is 1.39 bits per heavy atom. The molecule has 94 valence electrons. The number of nitrogens with zero attached hydrogens (tertiary/aromatic N) is 1. The van der Waals surface area contributed by atoms with Gasteiger partial charge in [0.25, 0.3) is 5.91 Å². The minimum atomic E-state index is -3.96. The summed E-state index contributed by atoms with van der Waals surface area (Å²) in [6.07, 6.45) is 1.15. The van der Waals surface area contributed by atoms with Crippen molar-refractivity contribution in [2.75, 3.05) is 0 Å². The van der Waals surface area contributed by atoms with E-state index in [4.69, 9.17) is 10.4 Å². The average molecular weight is 265 g/mol. The molecule has 0 bridgehead atoms. The molecule has 0 atom stereocenters. The number of primary sulfonamides is 1. The largest absolute Gasteiger partial charge is 0.334 e. The van der Waals surface area contributed by atoms with E-state index in [0.29, 0.717) is 12.8 Å². The fraction of sp³-hybridized carbons (Fsp3) is 0.273. The van der Waals surface area contributed by atoms with Crippen molar-refractivity contribution in [2.45, 2.75) is 23.3 Å². The third-order valence-electron chi connectivity index (χ3n) is 2.76. The van der Waals surface area contributed by atoms with Crippen molar-refractivity contribution >= 4 is 15.9 Å². The average Bonchev–Trinajstić information content (AvgIpc) is 3.08. The first-order valence-corrected chi connectivity index (χ1v) is 6.78. The van der Waals surface area contributed by atoms with Gasteiger partial charge in [0.05, 0.1) is 16.5 Å². The molecule has 1 amide bonds. The van der Waals surface area contributed by atoms with E-state index in [1.54, 1.807) is 0 Å². The quantitative estimate of drug-likeness (QED) is 0.808. The maximum atomic E-state index is 11.9. The summed E-state index contributed by atoms with van der Waals surface area (Å²) in [4.78, 5) is 11.7. The second-order valence-corrected chi connectivity index (χ2v) is 5.72. The van der Waals surface area contributed by atoms with Gasteiger partial charge >= 0.3 is 0 Å². The number of carbonyl (C=O) groups is 1. The first-order valence-electron chi connectivity index (χ1n) is 5.24. The normalized spacial score (nSPS) is 16.7. The van der Waals surface area contributed by atoms with Gasteiger partial charge in [0.2, 0.25) is 10.0 Å². The molecule has 1 aromatic carbocycles. The molecule has 2 rings (SSSR count). The van der Waals surface area contributed by atoms with Gasteiger partial charge in [-0.05, 0) is 25.0 Å². The van der Waals surface area contributed by atoms with Gasteiger partial charge in [-0.25, -0.2) is 13.6 Å². The van der Waals surface area contributed by atoms with Gasteiger partial charge in [-0.2, -0.15) is 5.26 Å². The van der Waals surface area contributed by atoms with E-state index in [1.807, 2.05) is 6.07 Å². The molecule has 0 spiro atoms. The van der Waals surface area contributed by atoms with Crippen molar-refractivity contribution in [3.8, 4) is 6.07 Å². The smallest absolute Gasteiger partial charge is 0.253 e. The summed E-state index contributed by atoms with van der Waals surface area (Å²) in [5.74, 6) is -0.598. The first-order chi connectivity index (χ1) is 8.38. The summed E-state index contributed by atoms with van der Waals surface area (Å²) in [5, 5.41) is 16.4. The summed E-state index contributed by atoms with van der Waals surface area (Å²) in [5.41, 5.74) is -0.885. The number of amides is 1. The number of carbonyl (C=O) groups excluding carboxylic acids is 1. The van der Waals surface area contributed by atoms with Crippen LogP contribution in [-0.4, -0.2) is 19.9 Å². The summed E-state index contributed by atoms with van der Waals surface area (Å²) in [6.45, 7) is 0. The van der Waals surface area contributed by atoms with Gasteiger partial charge in [0.1, 0.15) is 5.54 Å². The maximum Gasteiger partial charge on any atom is 0.253 e. The number of benzene rings is 1. The monoisotopic (exact) mass is 265 g/mol. The van der Waals surface area contributed by atoms with E-state index >= 15 is 0 Å². The Morgan fingerprint density at radius 2 is 2.00 bits per heavy atom. The molecule has 0 saturated heterocycles. The van der Waals surface area contributed by atoms with Crippen molar-refractivity contribution in [1.82, 2.24) is 5.32 Å². The van der Waals surface area contributed by atoms with Crippen LogP contribution in [0.15, 0.2) is 29.2 Å². The predicted octanol–water partition coefficient (Wildman–Crippen LogP) is 0.120. The van der Waals surface area contributed by atoms with Crippen LogP contribution in [0.5, 0.6) is 0 Å². The highest BCUT2D eigenvalue weighted by molar-refractivity contribution is 7.89. The molecule has 0 radical (unpaired) electrons. The van der Waals surface area contributed by atoms with Gasteiger partial charge in [0.15, 0.2) is 0 Å². The molecule has 3 N–H and O–H groups in total. The van der Waals surface area contributed by atoms with Crippen molar-refractivity contribution < 1.29 is 13.2 Å². The molecule has 1 fully saturated rings. The highest BCUT2D eigenvalue weighted by Gasteiger charge is 2.45. The Bertz CT molecular complexity index is 642. The molecule has 1 aliphatic rings. The van der Waals surface area contributed by atoms with Gasteiger partial charge in [0, 0.05) is 0 Å². The van der Waals surface area contributed by atoms with E-state index in [-0.39, 0.29) is 10.5 Å². The van der Waals surface area contributed by atoms with Crippen molar-refractivity contribution in [1.29, 1.82) is 5.26 Å². The van der Waals surface area contributed by atoms with Crippen LogP contribution in [0.4, 0.5) is 0 Å². The van der Waals surface area contributed by atoms with E-state index in [1.165, 1.54) is 24.3 Å². The van der Waals surface area contributed by atoms with Crippen LogP contribution in [0.25, 0.3) is 0 Å². The molecule has 1 aromatic rings. The number of hydrogen-bond acceptors (Lipinski definition) is 4. The van der Waals surface area contributed by atoms with E-state index in [2.05, 4.69) is 5.32 Å². The third kappa shape index (κ3) is 2.34. The number of nitriles is 1. The van der Waals surface area contributed by atoms with E-state index in [0.717, 1.165) is 0 Å². The van der Waals surface area contributed by atoms with Crippen molar-refractivity contribution in [3.05, 3.63) is 29.8 Å². The highest BCUT2D eigenvalue weighted by Crippen LogP contribution is 2.34. The van der Waals surface area contributed by atoms with Crippen LogP contribution in [-0.2, 0) is 10.0 Å². The molecule has 0 aromatic heterocycles. The molecule has 1 aliphatic carbocycles. The Morgan fingerprint density at radius 3 is 2.50 bits per heavy atom. The standard InChI is InChI=1S/C11H11N3O3S/c12-7-11(5-6-11)14-10(15)8-3-1-2-4-9(8)18(13,16)17/h1-4H,5-6H2,(H,14,15)(H2,13,16,17). The number of nitrogens with two attached hydrogens (primary N) is 1. The zero-order valence-corrected chi connectivity index (χ0v) is 10.2. The lowest BCUT2D eigenvalue weighted by Crippen LogP contribution is -2.36. The third-order valence-corrected chi connectivity index (χ3v) is 3.72. The molecule has 0 heterocycles. The SMILES string of the molecule is N#CC1(NC(=O)c2ccccc2S(N)(=O)=O)CC1. The Kier molecular flexibility index (Phi) is 2.84. The topological polar surface area (TPSA) is 113 Å². The number of rotatable bonds is 3. The summed E-state index contributed by atoms with van der Waals surface area (Å²) in [7, 11) is -3.96. The minimum Gasteiger partial charge on any atom is -0.334 e. The molecular formula is C11H11N3O3S. The molecule has 18 heavy (non-hydrogen) atoms. The van der Waals surface area contributed by atoms with Crippen molar-refractivity contribution in [3.63, 3.8) is 0 Å². The van der Waals surface area contributed by atoms with Crippen LogP contribution >= 0.6 is 0 Å². The summed E-state index contributed by atoms with van der Waals surface area (Å²) in [6, 6.07) is 7.64. The van der Waals surface area contributed by atoms with Gasteiger partial charge in [-0.3, -0.25) is 4.79 Å². The Balaban J connectivity index is 2.35. The molecular weight excluding hydrogens is 254 g/mol. The predicted molar refractivity (Wildman–Crippen MR) is 62.9 cm³/mol. The second-order valence-electron chi connectivity index (χ2n) is 4.19. The van der Waals surface area contributed by atoms with Crippen LogP contribution < -0.4 is 10.5 Å². The molecule has 7 heteroatoms. The molecule has 0 unspecified atom stereocenters. The first kappa shape index (κ1) is 12.5. The minimum absolute atomic E-state index is 0.0403. The van der Waals surface area contributed by atoms with Crippen LogP contribution in [0, 0.1) is 11.3 Å². The van der Waals surface area contributed by atoms with E-state index in [9.17, 15) is 13.2 Å². The number of hydrogen-bond donors (Lipinski definition) is 2. The number of sulfonamides is 1. The Hall–Kier alpha value is -1.91. The summed E-state index contributed by atoms with van der Waals surface area (Å²) >= 11 is 0. The summed E-state index contributed by atoms with van der Waals surface area (Å²) < 4.78 is 22.7. The highest BCUT2D eigenvalue weighted by atomic mass is 32.2. The fourth-order valence-electron chi connectivity index (χ4n) is 1.58. The molecule has 6 nitrogen and oxygen atoms in total. The van der Waals surface area contributed by atoms with Crippen LogP contribution in [0.2, 0.25) is 0 Å². The van der Waals surface area contributed by atoms with Gasteiger partial charge < -0.3 is 5.32 Å². The van der Waals surface area contributed by atoms with Gasteiger partial charge in [-0.1, -0.05) is 12.1 Å². The zero-order chi connectivity index (χ0) is 13.4. The van der Waals surface area contributed by atoms with E-state index < -0.39 is 21.5 Å². The Labute approximate surface area is 104 Å². The fourth-order valence-corrected chi connectivity index (χ4v) is 2.31. The lowest BCUT2D eigenvalue weighted by atomic mass is 10.2. The van der Waals surface area contributed by atoms with Crippen molar-refractivity contribution in [2.24, 2.45) is 5.14 Å².